The molecule has 0 fully saturated rings. The minimum absolute atomic E-state index is 0.209. The van der Waals surface area contributed by atoms with Crippen molar-refractivity contribution in [2.45, 2.75) is 24.4 Å². The number of halogens is 1. The van der Waals surface area contributed by atoms with Crippen LogP contribution in [-0.2, 0) is 12.3 Å². The highest BCUT2D eigenvalue weighted by molar-refractivity contribution is 7.98. The van der Waals surface area contributed by atoms with Gasteiger partial charge in [-0.2, -0.15) is 0 Å². The lowest BCUT2D eigenvalue weighted by Gasteiger charge is -2.13. The summed E-state index contributed by atoms with van der Waals surface area (Å²) in [4.78, 5) is 0. The summed E-state index contributed by atoms with van der Waals surface area (Å²) >= 11 is 1.44. The second kappa shape index (κ2) is 8.02. The molecule has 7 heteroatoms. The molecule has 0 spiro atoms. The first kappa shape index (κ1) is 17.3. The van der Waals surface area contributed by atoms with Crippen LogP contribution in [0.5, 0.6) is 5.75 Å². The third kappa shape index (κ3) is 4.11. The number of ether oxygens (including phenoxy) is 1. The second-order valence-corrected chi connectivity index (χ2v) is 6.33. The Morgan fingerprint density at radius 1 is 1.08 bits per heavy atom. The van der Waals surface area contributed by atoms with E-state index in [9.17, 15) is 4.39 Å². The normalized spacial score (nSPS) is 10.7. The quantitative estimate of drug-likeness (QED) is 0.652. The van der Waals surface area contributed by atoms with Crippen LogP contribution in [-0.4, -0.2) is 22.0 Å². The summed E-state index contributed by atoms with van der Waals surface area (Å²) in [5, 5.41) is 8.98. The maximum Gasteiger partial charge on any atom is 0.210 e. The summed E-state index contributed by atoms with van der Waals surface area (Å²) in [6.45, 7) is 2.44. The first-order valence-electron chi connectivity index (χ1n) is 7.83. The number of aromatic nitrogens is 3. The van der Waals surface area contributed by atoms with Crippen molar-refractivity contribution in [2.75, 3.05) is 12.5 Å². The molecule has 130 valence electrons. The Labute approximate surface area is 150 Å². The average Bonchev–Trinajstić information content (AvgIpc) is 2.99. The molecule has 2 aromatic carbocycles. The summed E-state index contributed by atoms with van der Waals surface area (Å²) < 4.78 is 20.9. The Morgan fingerprint density at radius 2 is 1.80 bits per heavy atom. The van der Waals surface area contributed by atoms with Gasteiger partial charge in [-0.25, -0.2) is 9.07 Å². The molecule has 0 bridgehead atoms. The number of nitrogens with zero attached hydrogens (tertiary/aromatic N) is 3. The number of hydrogen-bond acceptors (Lipinski definition) is 5. The molecular weight excluding hydrogens is 339 g/mol. The zero-order valence-electron chi connectivity index (χ0n) is 14.1. The molecule has 25 heavy (non-hydrogen) atoms. The lowest BCUT2D eigenvalue weighted by atomic mass is 10.2. The Balaban J connectivity index is 1.70. The fourth-order valence-electron chi connectivity index (χ4n) is 2.39. The lowest BCUT2D eigenvalue weighted by Crippen LogP contribution is -2.17. The first-order valence-corrected chi connectivity index (χ1v) is 8.81. The molecular formula is C18H19FN4OS. The number of thioether (sulfide) groups is 1. The smallest absolute Gasteiger partial charge is 0.210 e. The standard InChI is InChI=1S/C18H19FN4OS/c1-13-21-22-18(25-12-15-8-3-5-9-16(15)19)23(13)20-11-14-7-4-6-10-17(14)24-2/h3-10,20H,11-12H2,1-2H3. The average molecular weight is 358 g/mol. The van der Waals surface area contributed by atoms with Gasteiger partial charge in [-0.05, 0) is 24.6 Å². The van der Waals surface area contributed by atoms with E-state index in [1.807, 2.05) is 41.9 Å². The van der Waals surface area contributed by atoms with Gasteiger partial charge in [0.1, 0.15) is 17.4 Å². The Hall–Kier alpha value is -2.54. The fraction of sp³-hybridized carbons (Fsp3) is 0.222. The van der Waals surface area contributed by atoms with Crippen LogP contribution in [0.1, 0.15) is 17.0 Å². The number of methoxy groups -OCH3 is 1. The van der Waals surface area contributed by atoms with E-state index in [1.54, 1.807) is 19.2 Å². The summed E-state index contributed by atoms with van der Waals surface area (Å²) in [7, 11) is 1.65. The molecule has 1 aromatic heterocycles. The molecule has 0 saturated carbocycles. The Morgan fingerprint density at radius 3 is 2.56 bits per heavy atom. The predicted octanol–water partition coefficient (Wildman–Crippen LogP) is 3.77. The number of rotatable bonds is 7. The molecule has 0 amide bonds. The third-order valence-electron chi connectivity index (χ3n) is 3.73. The topological polar surface area (TPSA) is 52.0 Å². The van der Waals surface area contributed by atoms with Gasteiger partial charge in [-0.1, -0.05) is 48.2 Å². The van der Waals surface area contributed by atoms with Gasteiger partial charge in [0.05, 0.1) is 13.7 Å². The van der Waals surface area contributed by atoms with Crippen molar-refractivity contribution in [3.63, 3.8) is 0 Å². The van der Waals surface area contributed by atoms with Crippen molar-refractivity contribution >= 4 is 11.8 Å². The summed E-state index contributed by atoms with van der Waals surface area (Å²) in [5.74, 6) is 1.84. The van der Waals surface area contributed by atoms with Crippen LogP contribution in [0.3, 0.4) is 0 Å². The van der Waals surface area contributed by atoms with Crippen LogP contribution >= 0.6 is 11.8 Å². The minimum Gasteiger partial charge on any atom is -0.496 e. The molecule has 1 N–H and O–H groups in total. The highest BCUT2D eigenvalue weighted by atomic mass is 32.2. The molecule has 0 saturated heterocycles. The Bertz CT molecular complexity index is 853. The van der Waals surface area contributed by atoms with E-state index in [4.69, 9.17) is 4.74 Å². The maximum atomic E-state index is 13.8. The molecule has 3 rings (SSSR count). The largest absolute Gasteiger partial charge is 0.496 e. The zero-order chi connectivity index (χ0) is 17.6. The first-order chi connectivity index (χ1) is 12.2. The van der Waals surface area contributed by atoms with Crippen LogP contribution in [0, 0.1) is 12.7 Å². The van der Waals surface area contributed by atoms with Crippen molar-refractivity contribution in [3.8, 4) is 5.75 Å². The third-order valence-corrected chi connectivity index (χ3v) is 4.71. The molecule has 0 aliphatic heterocycles. The van der Waals surface area contributed by atoms with Gasteiger partial charge < -0.3 is 10.2 Å². The summed E-state index contributed by atoms with van der Waals surface area (Å²) in [5.41, 5.74) is 4.97. The number of para-hydroxylation sites is 1. The molecule has 5 nitrogen and oxygen atoms in total. The van der Waals surface area contributed by atoms with Gasteiger partial charge in [0, 0.05) is 11.3 Å². The van der Waals surface area contributed by atoms with E-state index in [2.05, 4.69) is 15.6 Å². The van der Waals surface area contributed by atoms with Crippen LogP contribution in [0.4, 0.5) is 4.39 Å². The van der Waals surface area contributed by atoms with Crippen molar-refractivity contribution in [3.05, 3.63) is 71.3 Å². The number of aryl methyl sites for hydroxylation is 1. The van der Waals surface area contributed by atoms with Gasteiger partial charge in [0.2, 0.25) is 5.16 Å². The predicted molar refractivity (Wildman–Crippen MR) is 96.8 cm³/mol. The van der Waals surface area contributed by atoms with E-state index in [0.717, 1.165) is 17.1 Å². The molecule has 3 aromatic rings. The molecule has 0 radical (unpaired) electrons. The number of benzene rings is 2. The number of hydrogen-bond donors (Lipinski definition) is 1. The lowest BCUT2D eigenvalue weighted by molar-refractivity contribution is 0.409. The van der Waals surface area contributed by atoms with Crippen LogP contribution < -0.4 is 10.2 Å². The van der Waals surface area contributed by atoms with Crippen molar-refractivity contribution in [2.24, 2.45) is 0 Å². The van der Waals surface area contributed by atoms with Gasteiger partial charge in [0.15, 0.2) is 0 Å². The van der Waals surface area contributed by atoms with Crippen molar-refractivity contribution in [1.82, 2.24) is 14.9 Å². The highest BCUT2D eigenvalue weighted by Gasteiger charge is 2.11. The van der Waals surface area contributed by atoms with E-state index < -0.39 is 0 Å². The SMILES string of the molecule is COc1ccccc1CNn1c(C)nnc1SCc1ccccc1F. The van der Waals surface area contributed by atoms with Gasteiger partial charge in [-0.3, -0.25) is 0 Å². The second-order valence-electron chi connectivity index (χ2n) is 5.39. The van der Waals surface area contributed by atoms with Crippen LogP contribution in [0.25, 0.3) is 0 Å². The van der Waals surface area contributed by atoms with Gasteiger partial charge in [-0.15, -0.1) is 10.2 Å². The van der Waals surface area contributed by atoms with Gasteiger partial charge in [0.25, 0.3) is 0 Å². The van der Waals surface area contributed by atoms with E-state index >= 15 is 0 Å². The molecule has 0 unspecified atom stereocenters. The van der Waals surface area contributed by atoms with Crippen molar-refractivity contribution < 1.29 is 9.13 Å². The van der Waals surface area contributed by atoms with Crippen LogP contribution in [0.15, 0.2) is 53.7 Å². The van der Waals surface area contributed by atoms with Gasteiger partial charge >= 0.3 is 0 Å². The van der Waals surface area contributed by atoms with Crippen LogP contribution in [0.2, 0.25) is 0 Å². The molecule has 0 atom stereocenters. The minimum atomic E-state index is -0.209. The molecule has 0 aliphatic carbocycles. The Kier molecular flexibility index (Phi) is 5.55. The summed E-state index contributed by atoms with van der Waals surface area (Å²) in [6.07, 6.45) is 0. The van der Waals surface area contributed by atoms with E-state index in [0.29, 0.717) is 23.0 Å². The maximum absolute atomic E-state index is 13.8. The van der Waals surface area contributed by atoms with Crippen molar-refractivity contribution in [1.29, 1.82) is 0 Å². The summed E-state index contributed by atoms with van der Waals surface area (Å²) in [6, 6.07) is 14.6. The van der Waals surface area contributed by atoms with E-state index in [-0.39, 0.29) is 5.82 Å². The molecule has 1 heterocycles. The van der Waals surface area contributed by atoms with E-state index in [1.165, 1.54) is 17.8 Å². The molecule has 0 aliphatic rings. The highest BCUT2D eigenvalue weighted by Crippen LogP contribution is 2.23. The number of nitrogens with one attached hydrogen (secondary N) is 1. The fourth-order valence-corrected chi connectivity index (χ4v) is 3.33. The monoisotopic (exact) mass is 358 g/mol. The zero-order valence-corrected chi connectivity index (χ0v) is 14.9.